The molecule has 0 fully saturated rings. The first-order valence-corrected chi connectivity index (χ1v) is 5.38. The third-order valence-corrected chi connectivity index (χ3v) is 2.46. The van der Waals surface area contributed by atoms with Gasteiger partial charge in [-0.05, 0) is 25.1 Å². The first kappa shape index (κ1) is 14.3. The highest BCUT2D eigenvalue weighted by atomic mass is 16.7. The van der Waals surface area contributed by atoms with Crippen LogP contribution in [-0.2, 0) is 9.47 Å². The predicted molar refractivity (Wildman–Crippen MR) is 64.5 cm³/mol. The average molecular weight is 255 g/mol. The molecule has 0 aliphatic carbocycles. The standard InChI is InChI=1S/C12H17NO5/c1-7(12(17-2)18-3)13-11(16)9-6-8(14)4-5-10(9)15/h4-7,12,14-15H,1-3H3,(H,13,16). The van der Waals surface area contributed by atoms with E-state index < -0.39 is 18.2 Å². The van der Waals surface area contributed by atoms with Crippen LogP contribution in [0.25, 0.3) is 0 Å². The summed E-state index contributed by atoms with van der Waals surface area (Å²) < 4.78 is 10.0. The Morgan fingerprint density at radius 1 is 1.28 bits per heavy atom. The van der Waals surface area contributed by atoms with E-state index in [0.29, 0.717) is 0 Å². The second-order valence-corrected chi connectivity index (χ2v) is 3.80. The van der Waals surface area contributed by atoms with Crippen molar-refractivity contribution < 1.29 is 24.5 Å². The highest BCUT2D eigenvalue weighted by Gasteiger charge is 2.20. The van der Waals surface area contributed by atoms with Crippen LogP contribution in [-0.4, -0.2) is 42.7 Å². The lowest BCUT2D eigenvalue weighted by Gasteiger charge is -2.22. The lowest BCUT2D eigenvalue weighted by Crippen LogP contribution is -2.42. The molecule has 1 atom stereocenters. The molecule has 1 aromatic rings. The van der Waals surface area contributed by atoms with E-state index >= 15 is 0 Å². The van der Waals surface area contributed by atoms with E-state index in [-0.39, 0.29) is 17.1 Å². The minimum Gasteiger partial charge on any atom is -0.508 e. The fourth-order valence-electron chi connectivity index (χ4n) is 1.56. The maximum Gasteiger partial charge on any atom is 0.255 e. The van der Waals surface area contributed by atoms with Gasteiger partial charge in [0, 0.05) is 14.2 Å². The van der Waals surface area contributed by atoms with Crippen molar-refractivity contribution in [1.82, 2.24) is 5.32 Å². The summed E-state index contributed by atoms with van der Waals surface area (Å²) in [6.45, 7) is 1.70. The number of rotatable bonds is 5. The summed E-state index contributed by atoms with van der Waals surface area (Å²) in [7, 11) is 2.92. The van der Waals surface area contributed by atoms with Gasteiger partial charge in [-0.2, -0.15) is 0 Å². The quantitative estimate of drug-likeness (QED) is 0.536. The number of methoxy groups -OCH3 is 2. The number of hydrogen-bond donors (Lipinski definition) is 3. The van der Waals surface area contributed by atoms with Crippen molar-refractivity contribution in [3.63, 3.8) is 0 Å². The normalized spacial score (nSPS) is 12.4. The van der Waals surface area contributed by atoms with Gasteiger partial charge in [-0.25, -0.2) is 0 Å². The van der Waals surface area contributed by atoms with Gasteiger partial charge in [0.25, 0.3) is 5.91 Å². The van der Waals surface area contributed by atoms with Gasteiger partial charge >= 0.3 is 0 Å². The van der Waals surface area contributed by atoms with Crippen molar-refractivity contribution in [2.75, 3.05) is 14.2 Å². The van der Waals surface area contributed by atoms with E-state index in [2.05, 4.69) is 5.32 Å². The van der Waals surface area contributed by atoms with Crippen molar-refractivity contribution in [3.05, 3.63) is 23.8 Å². The Morgan fingerprint density at radius 2 is 1.89 bits per heavy atom. The van der Waals surface area contributed by atoms with Crippen molar-refractivity contribution >= 4 is 5.91 Å². The van der Waals surface area contributed by atoms with Crippen LogP contribution in [0.4, 0.5) is 0 Å². The molecule has 6 heteroatoms. The smallest absolute Gasteiger partial charge is 0.255 e. The summed E-state index contributed by atoms with van der Waals surface area (Å²) >= 11 is 0. The van der Waals surface area contributed by atoms with E-state index in [1.807, 2.05) is 0 Å². The molecule has 0 bridgehead atoms. The van der Waals surface area contributed by atoms with Gasteiger partial charge in [0.2, 0.25) is 0 Å². The number of nitrogens with one attached hydrogen (secondary N) is 1. The van der Waals surface area contributed by atoms with Crippen LogP contribution in [0, 0.1) is 0 Å². The van der Waals surface area contributed by atoms with Gasteiger partial charge < -0.3 is 25.0 Å². The molecule has 1 rings (SSSR count). The fourth-order valence-corrected chi connectivity index (χ4v) is 1.56. The molecule has 0 aliphatic rings. The molecule has 18 heavy (non-hydrogen) atoms. The summed E-state index contributed by atoms with van der Waals surface area (Å²) in [6.07, 6.45) is -0.589. The Bertz CT molecular complexity index is 417. The van der Waals surface area contributed by atoms with Crippen LogP contribution < -0.4 is 5.32 Å². The number of carbonyl (C=O) groups excluding carboxylic acids is 1. The Labute approximate surface area is 105 Å². The van der Waals surface area contributed by atoms with Gasteiger partial charge in [0.1, 0.15) is 11.5 Å². The van der Waals surface area contributed by atoms with Gasteiger partial charge in [0.05, 0.1) is 11.6 Å². The van der Waals surface area contributed by atoms with Crippen LogP contribution in [0.15, 0.2) is 18.2 Å². The number of ether oxygens (including phenoxy) is 2. The first-order valence-electron chi connectivity index (χ1n) is 5.38. The molecule has 1 unspecified atom stereocenters. The third-order valence-electron chi connectivity index (χ3n) is 2.46. The summed E-state index contributed by atoms with van der Waals surface area (Å²) in [5.74, 6) is -0.820. The van der Waals surface area contributed by atoms with E-state index in [1.54, 1.807) is 6.92 Å². The van der Waals surface area contributed by atoms with Gasteiger partial charge in [-0.15, -0.1) is 0 Å². The molecule has 100 valence electrons. The van der Waals surface area contributed by atoms with Crippen molar-refractivity contribution in [2.45, 2.75) is 19.3 Å². The molecule has 0 saturated heterocycles. The minimum absolute atomic E-state index is 0.00666. The Hall–Kier alpha value is -1.79. The van der Waals surface area contributed by atoms with Crippen LogP contribution >= 0.6 is 0 Å². The van der Waals surface area contributed by atoms with Crippen LogP contribution in [0.1, 0.15) is 17.3 Å². The van der Waals surface area contributed by atoms with E-state index in [9.17, 15) is 15.0 Å². The maximum absolute atomic E-state index is 11.9. The molecule has 1 amide bonds. The van der Waals surface area contributed by atoms with E-state index in [1.165, 1.54) is 32.4 Å². The third kappa shape index (κ3) is 3.35. The zero-order chi connectivity index (χ0) is 13.7. The van der Waals surface area contributed by atoms with Gasteiger partial charge in [-0.1, -0.05) is 0 Å². The molecule has 6 nitrogen and oxygen atoms in total. The zero-order valence-electron chi connectivity index (χ0n) is 10.5. The van der Waals surface area contributed by atoms with E-state index in [0.717, 1.165) is 0 Å². The first-order chi connectivity index (χ1) is 8.49. The molecule has 0 aliphatic heterocycles. The lowest BCUT2D eigenvalue weighted by atomic mass is 10.1. The van der Waals surface area contributed by atoms with Crippen LogP contribution in [0.3, 0.4) is 0 Å². The Morgan fingerprint density at radius 3 is 2.44 bits per heavy atom. The van der Waals surface area contributed by atoms with Gasteiger partial charge in [0.15, 0.2) is 6.29 Å². The van der Waals surface area contributed by atoms with E-state index in [4.69, 9.17) is 9.47 Å². The Balaban J connectivity index is 2.79. The largest absolute Gasteiger partial charge is 0.508 e. The molecule has 0 spiro atoms. The van der Waals surface area contributed by atoms with Crippen molar-refractivity contribution in [2.24, 2.45) is 0 Å². The highest BCUT2D eigenvalue weighted by Crippen LogP contribution is 2.22. The monoisotopic (exact) mass is 255 g/mol. The number of hydrogen-bond acceptors (Lipinski definition) is 5. The van der Waals surface area contributed by atoms with Crippen LogP contribution in [0.2, 0.25) is 0 Å². The number of phenols is 2. The average Bonchev–Trinajstić information content (AvgIpc) is 2.33. The molecular formula is C12H17NO5. The summed E-state index contributed by atoms with van der Waals surface area (Å²) in [6, 6.07) is 3.32. The number of phenolic OH excluding ortho intramolecular Hbond substituents is 2. The molecule has 1 aromatic carbocycles. The number of amides is 1. The van der Waals surface area contributed by atoms with Crippen LogP contribution in [0.5, 0.6) is 11.5 Å². The second kappa shape index (κ2) is 6.23. The predicted octanol–water partition coefficient (Wildman–Crippen LogP) is 0.835. The topological polar surface area (TPSA) is 88.0 Å². The number of carbonyl (C=O) groups is 1. The summed E-state index contributed by atoms with van der Waals surface area (Å²) in [5.41, 5.74) is -0.00666. The lowest BCUT2D eigenvalue weighted by molar-refractivity contribution is -0.117. The Kier molecular flexibility index (Phi) is 4.94. The zero-order valence-corrected chi connectivity index (χ0v) is 10.5. The maximum atomic E-state index is 11.9. The molecule has 0 heterocycles. The van der Waals surface area contributed by atoms with Crippen molar-refractivity contribution in [3.8, 4) is 11.5 Å². The van der Waals surface area contributed by atoms with Crippen molar-refractivity contribution in [1.29, 1.82) is 0 Å². The molecule has 0 saturated carbocycles. The molecule has 3 N–H and O–H groups in total. The summed E-state index contributed by atoms with van der Waals surface area (Å²) in [4.78, 5) is 11.9. The fraction of sp³-hybridized carbons (Fsp3) is 0.417. The number of benzene rings is 1. The number of aromatic hydroxyl groups is 2. The minimum atomic E-state index is -0.589. The molecule has 0 aromatic heterocycles. The van der Waals surface area contributed by atoms with Gasteiger partial charge in [-0.3, -0.25) is 4.79 Å². The highest BCUT2D eigenvalue weighted by molar-refractivity contribution is 5.97. The molecular weight excluding hydrogens is 238 g/mol. The SMILES string of the molecule is COC(OC)C(C)NC(=O)c1cc(O)ccc1O. The summed E-state index contributed by atoms with van der Waals surface area (Å²) in [5, 5.41) is 21.4. The molecule has 0 radical (unpaired) electrons. The second-order valence-electron chi connectivity index (χ2n) is 3.80.